The van der Waals surface area contributed by atoms with E-state index in [1.165, 1.54) is 64.2 Å². The van der Waals surface area contributed by atoms with E-state index in [1.54, 1.807) is 6.08 Å². The lowest BCUT2D eigenvalue weighted by atomic mass is 10.0. The van der Waals surface area contributed by atoms with Crippen LogP contribution in [0.5, 0.6) is 0 Å². The minimum absolute atomic E-state index is 0.133. The molecule has 0 aromatic heterocycles. The Balaban J connectivity index is 4.49. The minimum Gasteiger partial charge on any atom is -0.462 e. The summed E-state index contributed by atoms with van der Waals surface area (Å²) in [7, 11) is -4.64. The van der Waals surface area contributed by atoms with Crippen LogP contribution >= 0.6 is 7.82 Å². The van der Waals surface area contributed by atoms with Crippen LogP contribution in [0.1, 0.15) is 156 Å². The smallest absolute Gasteiger partial charge is 0.462 e. The molecule has 0 spiro atoms. The van der Waals surface area contributed by atoms with E-state index < -0.39 is 57.9 Å². The van der Waals surface area contributed by atoms with Crippen molar-refractivity contribution in [3.63, 3.8) is 0 Å². The summed E-state index contributed by atoms with van der Waals surface area (Å²) in [6, 6.07) is 0. The van der Waals surface area contributed by atoms with E-state index in [0.29, 0.717) is 32.1 Å². The molecule has 0 saturated heterocycles. The second-order valence-electron chi connectivity index (χ2n) is 14.3. The second kappa shape index (κ2) is 36.5. The monoisotopic (exact) mass is 787 g/mol. The van der Waals surface area contributed by atoms with Gasteiger partial charge in [-0.2, -0.15) is 0 Å². The average Bonchev–Trinajstić information content (AvgIpc) is 3.14. The first-order valence-corrected chi connectivity index (χ1v) is 22.1. The van der Waals surface area contributed by atoms with Gasteiger partial charge >= 0.3 is 19.8 Å². The Morgan fingerprint density at radius 2 is 1.30 bits per heavy atom. The largest absolute Gasteiger partial charge is 0.472 e. The van der Waals surface area contributed by atoms with Crippen LogP contribution in [0.15, 0.2) is 48.6 Å². The molecule has 0 aromatic rings. The van der Waals surface area contributed by atoms with Crippen molar-refractivity contribution in [2.75, 3.05) is 26.4 Å². The molecule has 4 N–H and O–H groups in total. The number of carbonyl (C=O) groups is 2. The van der Waals surface area contributed by atoms with E-state index in [2.05, 4.69) is 31.4 Å². The maximum Gasteiger partial charge on any atom is 0.472 e. The SMILES string of the molecule is CCCCC/C=C\C[C@@H](O)/C=C/C=C\C/C=C\CCCC(=O)OC[C@H](COP(=O)(O)OC[C@@H](O)CO)OC(=O)CCCCCCCCCCCCC(C)C. The lowest BCUT2D eigenvalue weighted by Gasteiger charge is -2.20. The zero-order valence-electron chi connectivity index (χ0n) is 33.7. The van der Waals surface area contributed by atoms with Gasteiger partial charge in [-0.1, -0.05) is 146 Å². The van der Waals surface area contributed by atoms with Crippen molar-refractivity contribution in [3.05, 3.63) is 48.6 Å². The molecule has 0 radical (unpaired) electrons. The predicted octanol–water partition coefficient (Wildman–Crippen LogP) is 9.38. The Labute approximate surface area is 326 Å². The summed E-state index contributed by atoms with van der Waals surface area (Å²) in [5.41, 5.74) is 0. The molecule has 0 rings (SSSR count). The average molecular weight is 787 g/mol. The zero-order chi connectivity index (χ0) is 40.1. The Kier molecular flexibility index (Phi) is 35.1. The number of unbranched alkanes of at least 4 members (excludes halogenated alkanes) is 13. The molecule has 0 heterocycles. The standard InChI is InChI=1S/C42H75O11P/c1-4-5-6-7-19-24-29-38(44)30-25-20-15-12-13-16-21-26-31-41(46)50-35-40(36-52-54(48,49)51-34-39(45)33-43)53-42(47)32-27-22-17-11-9-8-10-14-18-23-28-37(2)3/h13,15-16,19-20,24-25,30,37-40,43-45H,4-12,14,17-18,21-23,26-29,31-36H2,1-3H3,(H,48,49)/b16-13-,20-15-,24-19-,30-25+/t38-,39+,40-/m1/s1. The van der Waals surface area contributed by atoms with Gasteiger partial charge in [0.15, 0.2) is 6.10 Å². The molecule has 0 aliphatic carbocycles. The van der Waals surface area contributed by atoms with Gasteiger partial charge in [-0.15, -0.1) is 0 Å². The number of esters is 2. The van der Waals surface area contributed by atoms with Crippen molar-refractivity contribution in [1.29, 1.82) is 0 Å². The summed E-state index contributed by atoms with van der Waals surface area (Å²) in [6.07, 6.45) is 32.7. The van der Waals surface area contributed by atoms with Crippen molar-refractivity contribution in [2.45, 2.75) is 174 Å². The highest BCUT2D eigenvalue weighted by Crippen LogP contribution is 2.43. The second-order valence-corrected chi connectivity index (χ2v) is 15.8. The molecule has 11 nitrogen and oxygen atoms in total. The highest BCUT2D eigenvalue weighted by molar-refractivity contribution is 7.47. The number of allylic oxidation sites excluding steroid dienone is 6. The van der Waals surface area contributed by atoms with Gasteiger partial charge in [0.25, 0.3) is 0 Å². The summed E-state index contributed by atoms with van der Waals surface area (Å²) in [4.78, 5) is 34.9. The topological polar surface area (TPSA) is 169 Å². The van der Waals surface area contributed by atoms with Crippen LogP contribution in [0.3, 0.4) is 0 Å². The Morgan fingerprint density at radius 1 is 0.685 bits per heavy atom. The summed E-state index contributed by atoms with van der Waals surface area (Å²) in [6.45, 7) is 4.48. The molecule has 0 bridgehead atoms. The van der Waals surface area contributed by atoms with Crippen molar-refractivity contribution < 1.29 is 52.9 Å². The molecule has 0 aliphatic heterocycles. The molecule has 1 unspecified atom stereocenters. The number of ether oxygens (including phenoxy) is 2. The third-order valence-corrected chi connectivity index (χ3v) is 9.45. The predicted molar refractivity (Wildman–Crippen MR) is 216 cm³/mol. The maximum atomic E-state index is 12.6. The van der Waals surface area contributed by atoms with Crippen LogP contribution in [0, 0.1) is 5.92 Å². The van der Waals surface area contributed by atoms with Crippen LogP contribution in [0.2, 0.25) is 0 Å². The molecule has 12 heteroatoms. The zero-order valence-corrected chi connectivity index (χ0v) is 34.6. The normalized spacial score (nSPS) is 15.1. The van der Waals surface area contributed by atoms with Gasteiger partial charge < -0.3 is 29.7 Å². The van der Waals surface area contributed by atoms with Crippen LogP contribution < -0.4 is 0 Å². The van der Waals surface area contributed by atoms with Gasteiger partial charge in [-0.3, -0.25) is 18.6 Å². The van der Waals surface area contributed by atoms with E-state index in [1.807, 2.05) is 36.5 Å². The fourth-order valence-electron chi connectivity index (χ4n) is 5.25. The van der Waals surface area contributed by atoms with Gasteiger partial charge in [0.2, 0.25) is 0 Å². The lowest BCUT2D eigenvalue weighted by Crippen LogP contribution is -2.29. The Hall–Kier alpha value is -2.11. The van der Waals surface area contributed by atoms with Gasteiger partial charge in [-0.25, -0.2) is 4.57 Å². The number of hydrogen-bond donors (Lipinski definition) is 4. The fourth-order valence-corrected chi connectivity index (χ4v) is 6.04. The van der Waals surface area contributed by atoms with Crippen LogP contribution in [0.4, 0.5) is 0 Å². The molecule has 0 aromatic carbocycles. The van der Waals surface area contributed by atoms with Gasteiger partial charge in [-0.05, 0) is 50.9 Å². The highest BCUT2D eigenvalue weighted by Gasteiger charge is 2.27. The summed E-state index contributed by atoms with van der Waals surface area (Å²) >= 11 is 0. The van der Waals surface area contributed by atoms with Gasteiger partial charge in [0, 0.05) is 12.8 Å². The van der Waals surface area contributed by atoms with Gasteiger partial charge in [0.1, 0.15) is 12.7 Å². The Morgan fingerprint density at radius 3 is 1.96 bits per heavy atom. The van der Waals surface area contributed by atoms with E-state index in [4.69, 9.17) is 19.1 Å². The number of aliphatic hydroxyl groups excluding tert-OH is 3. The molecule has 0 amide bonds. The molecule has 314 valence electrons. The minimum atomic E-state index is -4.64. The summed E-state index contributed by atoms with van der Waals surface area (Å²) in [5, 5.41) is 28.3. The van der Waals surface area contributed by atoms with E-state index in [-0.39, 0.29) is 19.4 Å². The first-order valence-electron chi connectivity index (χ1n) is 20.6. The number of rotatable bonds is 37. The first-order chi connectivity index (χ1) is 26.0. The Bertz CT molecular complexity index is 1070. The van der Waals surface area contributed by atoms with Crippen molar-refractivity contribution in [2.24, 2.45) is 5.92 Å². The molecular formula is C42H75O11P. The first kappa shape index (κ1) is 51.9. The molecule has 0 fully saturated rings. The maximum absolute atomic E-state index is 12.6. The van der Waals surface area contributed by atoms with E-state index in [0.717, 1.165) is 31.6 Å². The molecule has 4 atom stereocenters. The van der Waals surface area contributed by atoms with Gasteiger partial charge in [0.05, 0.1) is 25.9 Å². The number of phosphoric ester groups is 1. The molecule has 0 aliphatic rings. The van der Waals surface area contributed by atoms with Crippen molar-refractivity contribution in [3.8, 4) is 0 Å². The van der Waals surface area contributed by atoms with Crippen LogP contribution in [0.25, 0.3) is 0 Å². The quantitative estimate of drug-likeness (QED) is 0.0156. The molecule has 54 heavy (non-hydrogen) atoms. The third kappa shape index (κ3) is 36.8. The number of aliphatic hydroxyl groups is 3. The number of phosphoric acid groups is 1. The number of carbonyl (C=O) groups excluding carboxylic acids is 2. The fraction of sp³-hybridized carbons (Fsp3) is 0.762. The van der Waals surface area contributed by atoms with Crippen LogP contribution in [-0.2, 0) is 32.7 Å². The summed E-state index contributed by atoms with van der Waals surface area (Å²) < 4.78 is 32.6. The van der Waals surface area contributed by atoms with E-state index in [9.17, 15) is 29.3 Å². The van der Waals surface area contributed by atoms with Crippen LogP contribution in [-0.4, -0.2) is 76.9 Å². The molecule has 0 saturated carbocycles. The third-order valence-electron chi connectivity index (χ3n) is 8.49. The highest BCUT2D eigenvalue weighted by atomic mass is 31.2. The number of hydrogen-bond acceptors (Lipinski definition) is 10. The molecular weight excluding hydrogens is 711 g/mol. The van der Waals surface area contributed by atoms with E-state index >= 15 is 0 Å². The lowest BCUT2D eigenvalue weighted by molar-refractivity contribution is -0.161. The van der Waals surface area contributed by atoms with Crippen molar-refractivity contribution >= 4 is 19.8 Å². The van der Waals surface area contributed by atoms with Crippen molar-refractivity contribution in [1.82, 2.24) is 0 Å². The summed E-state index contributed by atoms with van der Waals surface area (Å²) in [5.74, 6) is -0.255.